The molecular weight excluding hydrogens is 357 g/mol. The molecule has 1 amide bonds. The molecule has 6 nitrogen and oxygen atoms in total. The van der Waals surface area contributed by atoms with Crippen LogP contribution in [0.2, 0.25) is 0 Å². The minimum absolute atomic E-state index is 0.0718. The zero-order chi connectivity index (χ0) is 18.4. The minimum Gasteiger partial charge on any atom is -0.489 e. The summed E-state index contributed by atoms with van der Waals surface area (Å²) in [6.07, 6.45) is 0.621. The van der Waals surface area contributed by atoms with Gasteiger partial charge in [0.15, 0.2) is 11.6 Å². The van der Waals surface area contributed by atoms with E-state index < -0.39 is 5.82 Å². The van der Waals surface area contributed by atoms with Crippen LogP contribution < -0.4 is 4.74 Å². The SMILES string of the molecule is CN(CCOc1ccccc1F)C(=O)CCc1nc(-c2ccsc2)no1. The Hall–Kier alpha value is -2.74. The number of ether oxygens (including phenoxy) is 1. The number of rotatable bonds is 8. The zero-order valence-electron chi connectivity index (χ0n) is 14.2. The minimum atomic E-state index is -0.417. The summed E-state index contributed by atoms with van der Waals surface area (Å²) in [5.41, 5.74) is 0.902. The van der Waals surface area contributed by atoms with Crippen molar-refractivity contribution in [3.63, 3.8) is 0 Å². The monoisotopic (exact) mass is 375 g/mol. The van der Waals surface area contributed by atoms with Gasteiger partial charge in [-0.05, 0) is 23.6 Å². The van der Waals surface area contributed by atoms with Gasteiger partial charge < -0.3 is 14.2 Å². The van der Waals surface area contributed by atoms with Crippen molar-refractivity contribution in [3.05, 3.63) is 52.8 Å². The lowest BCUT2D eigenvalue weighted by atomic mass is 10.2. The van der Waals surface area contributed by atoms with E-state index in [9.17, 15) is 9.18 Å². The Morgan fingerprint density at radius 1 is 1.35 bits per heavy atom. The number of amides is 1. The molecule has 3 rings (SSSR count). The second-order valence-electron chi connectivity index (χ2n) is 5.62. The lowest BCUT2D eigenvalue weighted by Gasteiger charge is -2.17. The van der Waals surface area contributed by atoms with Crippen molar-refractivity contribution in [2.75, 3.05) is 20.2 Å². The molecule has 0 N–H and O–H groups in total. The number of para-hydroxylation sites is 1. The van der Waals surface area contributed by atoms with Gasteiger partial charge in [-0.15, -0.1) is 0 Å². The Labute approximate surface area is 154 Å². The Kier molecular flexibility index (Phi) is 5.96. The molecule has 0 aliphatic heterocycles. The van der Waals surface area contributed by atoms with Crippen molar-refractivity contribution >= 4 is 17.2 Å². The number of halogens is 1. The highest BCUT2D eigenvalue weighted by atomic mass is 32.1. The number of carbonyl (C=O) groups excluding carboxylic acids is 1. The van der Waals surface area contributed by atoms with Gasteiger partial charge in [0, 0.05) is 30.8 Å². The first-order valence-electron chi connectivity index (χ1n) is 8.10. The first kappa shape index (κ1) is 18.1. The summed E-state index contributed by atoms with van der Waals surface area (Å²) in [6, 6.07) is 8.09. The van der Waals surface area contributed by atoms with Crippen LogP contribution in [0.5, 0.6) is 5.75 Å². The molecule has 0 saturated heterocycles. The number of carbonyl (C=O) groups is 1. The van der Waals surface area contributed by atoms with Gasteiger partial charge in [-0.2, -0.15) is 16.3 Å². The van der Waals surface area contributed by atoms with Crippen molar-refractivity contribution in [3.8, 4) is 17.1 Å². The highest BCUT2D eigenvalue weighted by molar-refractivity contribution is 7.08. The number of thiophene rings is 1. The number of benzene rings is 1. The quantitative estimate of drug-likeness (QED) is 0.604. The third-order valence-electron chi connectivity index (χ3n) is 3.75. The molecule has 0 aliphatic carbocycles. The van der Waals surface area contributed by atoms with E-state index >= 15 is 0 Å². The lowest BCUT2D eigenvalue weighted by Crippen LogP contribution is -2.31. The third kappa shape index (κ3) is 4.66. The molecule has 0 atom stereocenters. The molecule has 0 saturated carbocycles. The molecule has 0 unspecified atom stereocenters. The van der Waals surface area contributed by atoms with Crippen LogP contribution in [0.3, 0.4) is 0 Å². The van der Waals surface area contributed by atoms with E-state index in [1.54, 1.807) is 36.6 Å². The van der Waals surface area contributed by atoms with E-state index in [1.165, 1.54) is 11.0 Å². The Balaban J connectivity index is 1.42. The summed E-state index contributed by atoms with van der Waals surface area (Å²) < 4.78 is 24.0. The first-order valence-corrected chi connectivity index (χ1v) is 9.04. The Morgan fingerprint density at radius 2 is 2.19 bits per heavy atom. The molecule has 0 bridgehead atoms. The first-order chi connectivity index (χ1) is 12.6. The standard InChI is InChI=1S/C18H18FN3O3S/c1-22(9-10-24-15-5-3-2-4-14(15)19)17(23)7-6-16-20-18(21-25-16)13-8-11-26-12-13/h2-5,8,11-12H,6-7,9-10H2,1H3. The molecule has 1 aromatic carbocycles. The fourth-order valence-corrected chi connectivity index (χ4v) is 2.88. The molecular formula is C18H18FN3O3S. The Bertz CT molecular complexity index is 851. The molecule has 0 radical (unpaired) electrons. The summed E-state index contributed by atoms with van der Waals surface area (Å²) in [7, 11) is 1.68. The summed E-state index contributed by atoms with van der Waals surface area (Å²) in [4.78, 5) is 18.0. The van der Waals surface area contributed by atoms with Gasteiger partial charge in [0.1, 0.15) is 6.61 Å². The van der Waals surface area contributed by atoms with Crippen LogP contribution in [0.25, 0.3) is 11.4 Å². The van der Waals surface area contributed by atoms with Gasteiger partial charge in [-0.3, -0.25) is 4.79 Å². The van der Waals surface area contributed by atoms with Crippen molar-refractivity contribution in [2.24, 2.45) is 0 Å². The van der Waals surface area contributed by atoms with Crippen LogP contribution in [-0.2, 0) is 11.2 Å². The smallest absolute Gasteiger partial charge is 0.227 e. The van der Waals surface area contributed by atoms with E-state index in [1.807, 2.05) is 16.8 Å². The molecule has 0 aliphatic rings. The summed E-state index contributed by atoms with van der Waals surface area (Å²) >= 11 is 1.55. The van der Waals surface area contributed by atoms with Gasteiger partial charge in [0.2, 0.25) is 17.6 Å². The highest BCUT2D eigenvalue weighted by Gasteiger charge is 2.14. The van der Waals surface area contributed by atoms with Gasteiger partial charge in [-0.25, -0.2) is 4.39 Å². The third-order valence-corrected chi connectivity index (χ3v) is 4.43. The second kappa shape index (κ2) is 8.57. The van der Waals surface area contributed by atoms with Gasteiger partial charge in [0.05, 0.1) is 6.54 Å². The van der Waals surface area contributed by atoms with Crippen molar-refractivity contribution in [2.45, 2.75) is 12.8 Å². The highest BCUT2D eigenvalue weighted by Crippen LogP contribution is 2.19. The fourth-order valence-electron chi connectivity index (χ4n) is 2.25. The summed E-state index contributed by atoms with van der Waals surface area (Å²) in [5, 5.41) is 7.78. The average molecular weight is 375 g/mol. The molecule has 8 heteroatoms. The van der Waals surface area contributed by atoms with Gasteiger partial charge in [0.25, 0.3) is 0 Å². The topological polar surface area (TPSA) is 68.5 Å². The van der Waals surface area contributed by atoms with Crippen LogP contribution in [0.1, 0.15) is 12.3 Å². The number of hydrogen-bond donors (Lipinski definition) is 0. The largest absolute Gasteiger partial charge is 0.489 e. The van der Waals surface area contributed by atoms with Crippen LogP contribution in [-0.4, -0.2) is 41.1 Å². The molecule has 0 spiro atoms. The predicted octanol–water partition coefficient (Wildman–Crippen LogP) is 3.41. The predicted molar refractivity (Wildman–Crippen MR) is 95.5 cm³/mol. The van der Waals surface area contributed by atoms with Crippen LogP contribution in [0.15, 0.2) is 45.6 Å². The van der Waals surface area contributed by atoms with E-state index in [0.717, 1.165) is 5.56 Å². The van der Waals surface area contributed by atoms with Crippen LogP contribution >= 0.6 is 11.3 Å². The van der Waals surface area contributed by atoms with Gasteiger partial charge in [-0.1, -0.05) is 17.3 Å². The maximum absolute atomic E-state index is 13.5. The van der Waals surface area contributed by atoms with Crippen LogP contribution in [0.4, 0.5) is 4.39 Å². The van der Waals surface area contributed by atoms with E-state index in [2.05, 4.69) is 10.1 Å². The zero-order valence-corrected chi connectivity index (χ0v) is 15.0. The van der Waals surface area contributed by atoms with Crippen molar-refractivity contribution < 1.29 is 18.4 Å². The molecule has 2 aromatic heterocycles. The van der Waals surface area contributed by atoms with E-state index in [4.69, 9.17) is 9.26 Å². The van der Waals surface area contributed by atoms with Crippen molar-refractivity contribution in [1.82, 2.24) is 15.0 Å². The molecule has 0 fully saturated rings. The maximum Gasteiger partial charge on any atom is 0.227 e. The van der Waals surface area contributed by atoms with Gasteiger partial charge >= 0.3 is 0 Å². The Morgan fingerprint density at radius 3 is 2.96 bits per heavy atom. The molecule has 2 heterocycles. The number of hydrogen-bond acceptors (Lipinski definition) is 6. The number of aromatic nitrogens is 2. The normalized spacial score (nSPS) is 10.7. The number of nitrogens with zero attached hydrogens (tertiary/aromatic N) is 3. The van der Waals surface area contributed by atoms with Crippen molar-refractivity contribution in [1.29, 1.82) is 0 Å². The lowest BCUT2D eigenvalue weighted by molar-refractivity contribution is -0.130. The number of aryl methyl sites for hydroxylation is 1. The molecule has 3 aromatic rings. The summed E-state index contributed by atoms with van der Waals surface area (Å²) in [6.45, 7) is 0.573. The molecule has 26 heavy (non-hydrogen) atoms. The average Bonchev–Trinajstić information content (AvgIpc) is 3.32. The van der Waals surface area contributed by atoms with E-state index in [0.29, 0.717) is 24.7 Å². The summed E-state index contributed by atoms with van der Waals surface area (Å²) in [5.74, 6) is 0.646. The fraction of sp³-hybridized carbons (Fsp3) is 0.278. The van der Waals surface area contributed by atoms with E-state index in [-0.39, 0.29) is 24.7 Å². The van der Waals surface area contributed by atoms with Crippen LogP contribution in [0, 0.1) is 5.82 Å². The molecule has 136 valence electrons. The number of likely N-dealkylation sites (N-methyl/N-ethyl adjacent to an activating group) is 1. The maximum atomic E-state index is 13.5. The second-order valence-corrected chi connectivity index (χ2v) is 6.40.